The number of methoxy groups -OCH3 is 3. The van der Waals surface area contributed by atoms with Crippen LogP contribution in [0.4, 0.5) is 0 Å². The fourth-order valence-corrected chi connectivity index (χ4v) is 3.28. The van der Waals surface area contributed by atoms with E-state index < -0.39 is 5.97 Å². The van der Waals surface area contributed by atoms with Gasteiger partial charge in [0.15, 0.2) is 11.5 Å². The molecular formula is C24H21BrN2O6. The van der Waals surface area contributed by atoms with Crippen LogP contribution >= 0.6 is 15.9 Å². The third kappa shape index (κ3) is 6.11. The maximum Gasteiger partial charge on any atom is 0.343 e. The first kappa shape index (κ1) is 23.8. The molecule has 8 nitrogen and oxygen atoms in total. The minimum atomic E-state index is -0.605. The summed E-state index contributed by atoms with van der Waals surface area (Å²) in [4.78, 5) is 24.8. The Morgan fingerprint density at radius 2 is 1.58 bits per heavy atom. The Kier molecular flexibility index (Phi) is 8.04. The van der Waals surface area contributed by atoms with Gasteiger partial charge in [-0.15, -0.1) is 0 Å². The van der Waals surface area contributed by atoms with Gasteiger partial charge in [0, 0.05) is 10.0 Å². The lowest BCUT2D eigenvalue weighted by Gasteiger charge is -2.13. The standard InChI is InChI=1S/C24H21BrN2O6/c1-30-20-12-17(13-21(31-2)22(20)32-3)24(29)33-19-9-4-6-15(10-19)14-26-27-23(28)16-7-5-8-18(25)11-16/h4-14H,1-3H3,(H,27,28). The first-order chi connectivity index (χ1) is 15.9. The van der Waals surface area contributed by atoms with Crippen LogP contribution < -0.4 is 24.4 Å². The van der Waals surface area contributed by atoms with Crippen LogP contribution in [-0.4, -0.2) is 39.4 Å². The average Bonchev–Trinajstić information content (AvgIpc) is 2.83. The van der Waals surface area contributed by atoms with Gasteiger partial charge in [0.05, 0.1) is 33.1 Å². The van der Waals surface area contributed by atoms with E-state index in [0.717, 1.165) is 4.47 Å². The summed E-state index contributed by atoms with van der Waals surface area (Å²) in [7, 11) is 4.40. The predicted octanol–water partition coefficient (Wildman–Crippen LogP) is 4.46. The van der Waals surface area contributed by atoms with Crippen molar-refractivity contribution >= 4 is 34.0 Å². The van der Waals surface area contributed by atoms with Gasteiger partial charge in [0.2, 0.25) is 5.75 Å². The van der Waals surface area contributed by atoms with E-state index in [2.05, 4.69) is 26.5 Å². The molecule has 9 heteroatoms. The number of carbonyl (C=O) groups excluding carboxylic acids is 2. The SMILES string of the molecule is COc1cc(C(=O)Oc2cccc(C=NNC(=O)c3cccc(Br)c3)c2)cc(OC)c1OC. The zero-order valence-electron chi connectivity index (χ0n) is 18.1. The van der Waals surface area contributed by atoms with Crippen LogP contribution in [0.15, 0.2) is 70.2 Å². The molecule has 0 heterocycles. The zero-order chi connectivity index (χ0) is 23.8. The number of hydrazone groups is 1. The summed E-state index contributed by atoms with van der Waals surface area (Å²) in [5, 5.41) is 3.96. The fourth-order valence-electron chi connectivity index (χ4n) is 2.88. The van der Waals surface area contributed by atoms with Crippen molar-refractivity contribution in [2.75, 3.05) is 21.3 Å². The summed E-state index contributed by atoms with van der Waals surface area (Å²) < 4.78 is 22.1. The molecule has 0 fully saturated rings. The number of halogens is 1. The Morgan fingerprint density at radius 1 is 0.879 bits per heavy atom. The van der Waals surface area contributed by atoms with Crippen molar-refractivity contribution in [1.29, 1.82) is 0 Å². The normalized spacial score (nSPS) is 10.5. The maximum absolute atomic E-state index is 12.7. The molecule has 0 atom stereocenters. The molecule has 0 aliphatic rings. The number of hydrogen-bond donors (Lipinski definition) is 1. The Hall–Kier alpha value is -3.85. The predicted molar refractivity (Wildman–Crippen MR) is 127 cm³/mol. The minimum Gasteiger partial charge on any atom is -0.493 e. The van der Waals surface area contributed by atoms with Crippen molar-refractivity contribution in [3.05, 3.63) is 81.8 Å². The van der Waals surface area contributed by atoms with E-state index in [-0.39, 0.29) is 11.5 Å². The maximum atomic E-state index is 12.7. The summed E-state index contributed by atoms with van der Waals surface area (Å²) in [6.45, 7) is 0. The van der Waals surface area contributed by atoms with Gasteiger partial charge in [-0.25, -0.2) is 10.2 Å². The van der Waals surface area contributed by atoms with Gasteiger partial charge in [-0.3, -0.25) is 4.79 Å². The quantitative estimate of drug-likeness (QED) is 0.207. The molecule has 1 amide bonds. The summed E-state index contributed by atoms with van der Waals surface area (Å²) >= 11 is 3.32. The number of rotatable bonds is 8. The molecule has 33 heavy (non-hydrogen) atoms. The van der Waals surface area contributed by atoms with Crippen molar-refractivity contribution in [2.45, 2.75) is 0 Å². The highest BCUT2D eigenvalue weighted by Crippen LogP contribution is 2.38. The number of nitrogens with one attached hydrogen (secondary N) is 1. The van der Waals surface area contributed by atoms with Crippen molar-refractivity contribution < 1.29 is 28.5 Å². The smallest absolute Gasteiger partial charge is 0.343 e. The van der Waals surface area contributed by atoms with E-state index in [1.807, 2.05) is 6.07 Å². The number of amides is 1. The minimum absolute atomic E-state index is 0.227. The van der Waals surface area contributed by atoms with Crippen LogP contribution in [0.25, 0.3) is 0 Å². The molecule has 0 bridgehead atoms. The Balaban J connectivity index is 1.70. The molecule has 0 saturated heterocycles. The van der Waals surface area contributed by atoms with Crippen molar-refractivity contribution in [3.8, 4) is 23.0 Å². The number of ether oxygens (including phenoxy) is 4. The lowest BCUT2D eigenvalue weighted by molar-refractivity contribution is 0.0733. The van der Waals surface area contributed by atoms with Crippen LogP contribution in [0.1, 0.15) is 26.3 Å². The summed E-state index contributed by atoms with van der Waals surface area (Å²) in [5.74, 6) is 0.399. The molecule has 0 aliphatic heterocycles. The van der Waals surface area contributed by atoms with Gasteiger partial charge in [-0.2, -0.15) is 5.10 Å². The van der Waals surface area contributed by atoms with Crippen molar-refractivity contribution in [3.63, 3.8) is 0 Å². The van der Waals surface area contributed by atoms with E-state index in [9.17, 15) is 9.59 Å². The Bertz CT molecular complexity index is 1170. The highest BCUT2D eigenvalue weighted by molar-refractivity contribution is 9.10. The highest BCUT2D eigenvalue weighted by atomic mass is 79.9. The molecule has 170 valence electrons. The number of hydrogen-bond acceptors (Lipinski definition) is 7. The van der Waals surface area contributed by atoms with E-state index in [4.69, 9.17) is 18.9 Å². The first-order valence-corrected chi connectivity index (χ1v) is 10.5. The second kappa shape index (κ2) is 11.1. The largest absolute Gasteiger partial charge is 0.493 e. The monoisotopic (exact) mass is 512 g/mol. The number of esters is 1. The van der Waals surface area contributed by atoms with Crippen molar-refractivity contribution in [2.24, 2.45) is 5.10 Å². The molecule has 3 aromatic carbocycles. The number of carbonyl (C=O) groups is 2. The summed E-state index contributed by atoms with van der Waals surface area (Å²) in [6.07, 6.45) is 1.45. The molecule has 0 saturated carbocycles. The summed E-state index contributed by atoms with van der Waals surface area (Å²) in [5.41, 5.74) is 3.78. The highest BCUT2D eigenvalue weighted by Gasteiger charge is 2.18. The van der Waals surface area contributed by atoms with Crippen molar-refractivity contribution in [1.82, 2.24) is 5.43 Å². The lowest BCUT2D eigenvalue weighted by atomic mass is 10.1. The average molecular weight is 513 g/mol. The van der Waals surface area contributed by atoms with Gasteiger partial charge in [0.1, 0.15) is 5.75 Å². The van der Waals surface area contributed by atoms with Gasteiger partial charge in [-0.1, -0.05) is 34.1 Å². The van der Waals surface area contributed by atoms with Gasteiger partial charge in [0.25, 0.3) is 5.91 Å². The first-order valence-electron chi connectivity index (χ1n) is 9.66. The van der Waals surface area contributed by atoms with Gasteiger partial charge in [-0.05, 0) is 48.0 Å². The fraction of sp³-hybridized carbons (Fsp3) is 0.125. The second-order valence-electron chi connectivity index (χ2n) is 6.59. The van der Waals surface area contributed by atoms with Crippen LogP contribution in [0, 0.1) is 0 Å². The molecule has 0 unspecified atom stereocenters. The molecule has 0 spiro atoms. The molecule has 0 aliphatic carbocycles. The summed E-state index contributed by atoms with van der Waals surface area (Å²) in [6, 6.07) is 16.7. The topological polar surface area (TPSA) is 95.5 Å². The van der Waals surface area contributed by atoms with E-state index in [1.54, 1.807) is 42.5 Å². The zero-order valence-corrected chi connectivity index (χ0v) is 19.7. The molecule has 1 N–H and O–H groups in total. The second-order valence-corrected chi connectivity index (χ2v) is 7.50. The Morgan fingerprint density at radius 3 is 2.21 bits per heavy atom. The number of benzene rings is 3. The molecule has 0 aromatic heterocycles. The van der Waals surface area contributed by atoms with Crippen LogP contribution in [0.2, 0.25) is 0 Å². The van der Waals surface area contributed by atoms with Gasteiger partial charge >= 0.3 is 5.97 Å². The molecule has 0 radical (unpaired) electrons. The van der Waals surface area contributed by atoms with Crippen LogP contribution in [0.5, 0.6) is 23.0 Å². The van der Waals surface area contributed by atoms with E-state index in [1.165, 1.54) is 39.7 Å². The Labute approximate surface area is 199 Å². The van der Waals surface area contributed by atoms with Crippen LogP contribution in [0.3, 0.4) is 0 Å². The molecular weight excluding hydrogens is 492 g/mol. The van der Waals surface area contributed by atoms with E-state index >= 15 is 0 Å². The van der Waals surface area contributed by atoms with Crippen LogP contribution in [-0.2, 0) is 0 Å². The third-order valence-electron chi connectivity index (χ3n) is 4.44. The lowest BCUT2D eigenvalue weighted by Crippen LogP contribution is -2.17. The van der Waals surface area contributed by atoms with Gasteiger partial charge < -0.3 is 18.9 Å². The number of nitrogens with zero attached hydrogens (tertiary/aromatic N) is 1. The molecule has 3 aromatic rings. The third-order valence-corrected chi connectivity index (χ3v) is 4.93. The van der Waals surface area contributed by atoms with E-state index in [0.29, 0.717) is 34.1 Å². The molecule has 3 rings (SSSR count).